The van der Waals surface area contributed by atoms with Crippen molar-refractivity contribution in [1.29, 1.82) is 0 Å². The molecule has 1 aromatic rings. The van der Waals surface area contributed by atoms with Crippen LogP contribution in [0.25, 0.3) is 0 Å². The van der Waals surface area contributed by atoms with E-state index < -0.39 is 0 Å². The largest absolute Gasteiger partial charge is 0.308 e. The van der Waals surface area contributed by atoms with Crippen LogP contribution < -0.4 is 0 Å². The molecule has 24 heavy (non-hydrogen) atoms. The lowest BCUT2D eigenvalue weighted by Gasteiger charge is -2.24. The van der Waals surface area contributed by atoms with Gasteiger partial charge in [0.2, 0.25) is 0 Å². The number of hydrogen-bond donors (Lipinski definition) is 0. The monoisotopic (exact) mass is 332 g/mol. The van der Waals surface area contributed by atoms with E-state index in [9.17, 15) is 0 Å². The van der Waals surface area contributed by atoms with E-state index in [1.165, 1.54) is 56.2 Å². The first kappa shape index (κ1) is 21.2. The van der Waals surface area contributed by atoms with Crippen LogP contribution in [-0.4, -0.2) is 43.5 Å². The third kappa shape index (κ3) is 10.1. The first-order chi connectivity index (χ1) is 11.5. The molecule has 1 aromatic carbocycles. The maximum Gasteiger partial charge on any atom is 0.0234 e. The maximum atomic E-state index is 2.64. The molecule has 2 nitrogen and oxygen atoms in total. The van der Waals surface area contributed by atoms with Gasteiger partial charge in [0.15, 0.2) is 0 Å². The van der Waals surface area contributed by atoms with Crippen LogP contribution in [0, 0.1) is 5.92 Å². The lowest BCUT2D eigenvalue weighted by atomic mass is 10.0. The van der Waals surface area contributed by atoms with Gasteiger partial charge in [0, 0.05) is 19.6 Å². The topological polar surface area (TPSA) is 6.48 Å². The minimum Gasteiger partial charge on any atom is -0.308 e. The standard InChI is InChI=1S/C22H40N2/c1-6-7-8-9-10-14-24(16-15-23(4)5)19-22-13-11-12-21(18-22)17-20(2)3/h11-13,18,20H,6-10,14-17,19H2,1-5H3. The summed E-state index contributed by atoms with van der Waals surface area (Å²) in [7, 11) is 4.34. The van der Waals surface area contributed by atoms with E-state index in [0.717, 1.165) is 25.6 Å². The summed E-state index contributed by atoms with van der Waals surface area (Å²) in [6.07, 6.45) is 7.99. The van der Waals surface area contributed by atoms with Crippen LogP contribution in [0.5, 0.6) is 0 Å². The highest BCUT2D eigenvalue weighted by Crippen LogP contribution is 2.13. The fourth-order valence-electron chi connectivity index (χ4n) is 3.13. The number of likely N-dealkylation sites (N-methyl/N-ethyl adjacent to an activating group) is 1. The smallest absolute Gasteiger partial charge is 0.0234 e. The molecule has 0 saturated carbocycles. The van der Waals surface area contributed by atoms with Gasteiger partial charge in [-0.05, 0) is 50.5 Å². The lowest BCUT2D eigenvalue weighted by Crippen LogP contribution is -2.32. The second-order valence-electron chi connectivity index (χ2n) is 7.91. The number of unbranched alkanes of at least 4 members (excludes halogenated alkanes) is 4. The highest BCUT2D eigenvalue weighted by Gasteiger charge is 2.08. The Bertz CT molecular complexity index is 426. The molecule has 0 unspecified atom stereocenters. The van der Waals surface area contributed by atoms with Crippen LogP contribution >= 0.6 is 0 Å². The third-order valence-corrected chi connectivity index (χ3v) is 4.48. The summed E-state index contributed by atoms with van der Waals surface area (Å²) in [5.41, 5.74) is 2.96. The van der Waals surface area contributed by atoms with Crippen LogP contribution in [0.2, 0.25) is 0 Å². The molecule has 0 saturated heterocycles. The van der Waals surface area contributed by atoms with E-state index in [1.54, 1.807) is 0 Å². The molecule has 0 atom stereocenters. The molecule has 138 valence electrons. The molecule has 0 spiro atoms. The maximum absolute atomic E-state index is 2.64. The first-order valence-corrected chi connectivity index (χ1v) is 9.96. The molecule has 0 heterocycles. The SMILES string of the molecule is CCCCCCCN(CCN(C)C)Cc1cccc(CC(C)C)c1. The van der Waals surface area contributed by atoms with E-state index >= 15 is 0 Å². The van der Waals surface area contributed by atoms with Gasteiger partial charge < -0.3 is 4.90 Å². The Morgan fingerprint density at radius 1 is 0.875 bits per heavy atom. The summed E-state index contributed by atoms with van der Waals surface area (Å²) < 4.78 is 0. The Hall–Kier alpha value is -0.860. The molecule has 0 aliphatic heterocycles. The van der Waals surface area contributed by atoms with Crippen molar-refractivity contribution in [2.75, 3.05) is 33.7 Å². The molecule has 0 aliphatic carbocycles. The molecule has 2 heteroatoms. The van der Waals surface area contributed by atoms with Crippen LogP contribution in [0.3, 0.4) is 0 Å². The van der Waals surface area contributed by atoms with Crippen molar-refractivity contribution >= 4 is 0 Å². The quantitative estimate of drug-likeness (QED) is 0.457. The molecular formula is C22H40N2. The first-order valence-electron chi connectivity index (χ1n) is 9.96. The zero-order valence-corrected chi connectivity index (χ0v) is 16.9. The lowest BCUT2D eigenvalue weighted by molar-refractivity contribution is 0.229. The molecule has 0 fully saturated rings. The van der Waals surface area contributed by atoms with Crippen LogP contribution in [0.15, 0.2) is 24.3 Å². The van der Waals surface area contributed by atoms with Crippen molar-refractivity contribution in [1.82, 2.24) is 9.80 Å². The van der Waals surface area contributed by atoms with E-state index in [4.69, 9.17) is 0 Å². The molecule has 0 N–H and O–H groups in total. The average molecular weight is 333 g/mol. The van der Waals surface area contributed by atoms with Crippen molar-refractivity contribution in [2.45, 2.75) is 65.8 Å². The van der Waals surface area contributed by atoms with Crippen molar-refractivity contribution < 1.29 is 0 Å². The average Bonchev–Trinajstić information content (AvgIpc) is 2.51. The molecule has 0 aromatic heterocycles. The van der Waals surface area contributed by atoms with Gasteiger partial charge in [-0.1, -0.05) is 70.7 Å². The van der Waals surface area contributed by atoms with Gasteiger partial charge in [-0.2, -0.15) is 0 Å². The van der Waals surface area contributed by atoms with Gasteiger partial charge >= 0.3 is 0 Å². The molecule has 0 aliphatic rings. The summed E-state index contributed by atoms with van der Waals surface area (Å²) in [6.45, 7) is 11.5. The van der Waals surface area contributed by atoms with Gasteiger partial charge in [0.1, 0.15) is 0 Å². The Kier molecular flexibility index (Phi) is 11.0. The van der Waals surface area contributed by atoms with Gasteiger partial charge in [0.05, 0.1) is 0 Å². The summed E-state index contributed by atoms with van der Waals surface area (Å²) in [5, 5.41) is 0. The minimum atomic E-state index is 0.726. The van der Waals surface area contributed by atoms with E-state index in [2.05, 4.69) is 68.9 Å². The Balaban J connectivity index is 2.55. The third-order valence-electron chi connectivity index (χ3n) is 4.48. The Morgan fingerprint density at radius 3 is 2.25 bits per heavy atom. The molecule has 0 amide bonds. The highest BCUT2D eigenvalue weighted by molar-refractivity contribution is 5.23. The number of benzene rings is 1. The van der Waals surface area contributed by atoms with E-state index in [-0.39, 0.29) is 0 Å². The van der Waals surface area contributed by atoms with Crippen LogP contribution in [0.4, 0.5) is 0 Å². The van der Waals surface area contributed by atoms with Crippen molar-refractivity contribution in [3.05, 3.63) is 35.4 Å². The zero-order valence-electron chi connectivity index (χ0n) is 16.9. The van der Waals surface area contributed by atoms with Crippen molar-refractivity contribution in [2.24, 2.45) is 5.92 Å². The predicted octanol–water partition coefficient (Wildman–Crippen LogP) is 5.22. The number of nitrogens with zero attached hydrogens (tertiary/aromatic N) is 2. The molecule has 0 bridgehead atoms. The second-order valence-corrected chi connectivity index (χ2v) is 7.91. The van der Waals surface area contributed by atoms with E-state index in [1.807, 2.05) is 0 Å². The van der Waals surface area contributed by atoms with Crippen molar-refractivity contribution in [3.63, 3.8) is 0 Å². The molecular weight excluding hydrogens is 292 g/mol. The number of rotatable bonds is 13. The molecule has 0 radical (unpaired) electrons. The van der Waals surface area contributed by atoms with E-state index in [0.29, 0.717) is 0 Å². The van der Waals surface area contributed by atoms with Gasteiger partial charge in [-0.25, -0.2) is 0 Å². The predicted molar refractivity (Wildman–Crippen MR) is 108 cm³/mol. The van der Waals surface area contributed by atoms with Gasteiger partial charge in [-0.15, -0.1) is 0 Å². The van der Waals surface area contributed by atoms with Crippen LogP contribution in [-0.2, 0) is 13.0 Å². The summed E-state index contributed by atoms with van der Waals surface area (Å²) in [6, 6.07) is 9.22. The zero-order chi connectivity index (χ0) is 17.8. The Morgan fingerprint density at radius 2 is 1.58 bits per heavy atom. The Labute approximate surface area is 151 Å². The second kappa shape index (κ2) is 12.5. The van der Waals surface area contributed by atoms with Gasteiger partial charge in [0.25, 0.3) is 0 Å². The van der Waals surface area contributed by atoms with Crippen LogP contribution in [0.1, 0.15) is 64.0 Å². The number of hydrogen-bond acceptors (Lipinski definition) is 2. The fraction of sp³-hybridized carbons (Fsp3) is 0.727. The van der Waals surface area contributed by atoms with Crippen molar-refractivity contribution in [3.8, 4) is 0 Å². The fourth-order valence-corrected chi connectivity index (χ4v) is 3.13. The normalized spacial score (nSPS) is 11.8. The highest BCUT2D eigenvalue weighted by atomic mass is 15.2. The summed E-state index contributed by atoms with van der Waals surface area (Å²) in [4.78, 5) is 4.93. The molecule has 1 rings (SSSR count). The summed E-state index contributed by atoms with van der Waals surface area (Å²) in [5.74, 6) is 0.726. The summed E-state index contributed by atoms with van der Waals surface area (Å²) >= 11 is 0. The van der Waals surface area contributed by atoms with Gasteiger partial charge in [-0.3, -0.25) is 4.90 Å². The minimum absolute atomic E-state index is 0.726.